The first kappa shape index (κ1) is 12.3. The van der Waals surface area contributed by atoms with Crippen LogP contribution in [0.1, 0.15) is 11.1 Å². The fourth-order valence-electron chi connectivity index (χ4n) is 2.24. The van der Waals surface area contributed by atoms with E-state index >= 15 is 0 Å². The van der Waals surface area contributed by atoms with Gasteiger partial charge in [0.25, 0.3) is 0 Å². The van der Waals surface area contributed by atoms with E-state index in [1.807, 2.05) is 24.3 Å². The van der Waals surface area contributed by atoms with Crippen molar-refractivity contribution < 1.29 is 9.59 Å². The van der Waals surface area contributed by atoms with E-state index in [-0.39, 0.29) is 0 Å². The van der Waals surface area contributed by atoms with Gasteiger partial charge in [0, 0.05) is 13.1 Å². The topological polar surface area (TPSA) is 80.1 Å². The molecule has 7 nitrogen and oxygen atoms in total. The molecule has 1 aromatic heterocycles. The normalized spacial score (nSPS) is 13.7. The summed E-state index contributed by atoms with van der Waals surface area (Å²) in [4.78, 5) is 25.5. The Bertz CT molecular complexity index is 638. The number of carbonyl (C=O) groups is 2. The van der Waals surface area contributed by atoms with Crippen molar-refractivity contribution in [2.45, 2.75) is 13.0 Å². The molecule has 0 bridgehead atoms. The summed E-state index contributed by atoms with van der Waals surface area (Å²) in [5.74, 6) is -1.24. The minimum Gasteiger partial charge on any atom is -0.330 e. The molecule has 1 aliphatic rings. The second-order valence-corrected chi connectivity index (χ2v) is 4.56. The van der Waals surface area contributed by atoms with Crippen LogP contribution in [-0.4, -0.2) is 38.1 Å². The van der Waals surface area contributed by atoms with Gasteiger partial charge in [0.2, 0.25) is 0 Å². The third-order valence-corrected chi connectivity index (χ3v) is 3.26. The first-order valence-electron chi connectivity index (χ1n) is 6.26. The number of hydrogen-bond acceptors (Lipinski definition) is 4. The molecule has 2 aromatic rings. The van der Waals surface area contributed by atoms with Crippen LogP contribution in [0.3, 0.4) is 0 Å². The van der Waals surface area contributed by atoms with E-state index in [1.54, 1.807) is 4.90 Å². The van der Waals surface area contributed by atoms with E-state index in [2.05, 4.69) is 15.6 Å². The molecular weight excluding hydrogens is 258 g/mol. The lowest BCUT2D eigenvalue weighted by atomic mass is 10.00. The van der Waals surface area contributed by atoms with Crippen LogP contribution in [0.4, 0.5) is 0 Å². The summed E-state index contributed by atoms with van der Waals surface area (Å²) in [6.07, 6.45) is 3.40. The van der Waals surface area contributed by atoms with E-state index in [1.165, 1.54) is 22.9 Å². The van der Waals surface area contributed by atoms with Crippen LogP contribution >= 0.6 is 0 Å². The number of fused-ring (bicyclic) bond motifs is 1. The third-order valence-electron chi connectivity index (χ3n) is 3.26. The molecule has 0 atom stereocenters. The highest BCUT2D eigenvalue weighted by atomic mass is 16.2. The quantitative estimate of drug-likeness (QED) is 0.736. The zero-order valence-corrected chi connectivity index (χ0v) is 10.7. The maximum Gasteiger partial charge on any atom is 0.328 e. The standard InChI is InChI=1S/C13H13N5O2/c19-12(16-18-8-14-15-9-18)13(20)17-6-5-10-3-1-2-4-11(10)7-17/h1-4,8-9H,5-7H2,(H,16,19). The molecule has 0 fully saturated rings. The predicted octanol–water partition coefficient (Wildman–Crippen LogP) is -0.0669. The van der Waals surface area contributed by atoms with E-state index in [4.69, 9.17) is 0 Å². The van der Waals surface area contributed by atoms with Crippen molar-refractivity contribution in [1.82, 2.24) is 19.8 Å². The van der Waals surface area contributed by atoms with Crippen molar-refractivity contribution in [2.75, 3.05) is 12.0 Å². The molecule has 2 amide bonds. The molecule has 1 aliphatic heterocycles. The van der Waals surface area contributed by atoms with Crippen molar-refractivity contribution in [1.29, 1.82) is 0 Å². The van der Waals surface area contributed by atoms with Crippen molar-refractivity contribution in [2.24, 2.45) is 0 Å². The molecule has 1 aromatic carbocycles. The smallest absolute Gasteiger partial charge is 0.328 e. The van der Waals surface area contributed by atoms with Crippen molar-refractivity contribution in [3.63, 3.8) is 0 Å². The Morgan fingerprint density at radius 2 is 1.80 bits per heavy atom. The van der Waals surface area contributed by atoms with Gasteiger partial charge >= 0.3 is 11.8 Å². The molecule has 20 heavy (non-hydrogen) atoms. The highest BCUT2D eigenvalue weighted by Crippen LogP contribution is 2.18. The summed E-state index contributed by atoms with van der Waals surface area (Å²) in [6, 6.07) is 7.94. The van der Waals surface area contributed by atoms with E-state index in [0.29, 0.717) is 13.1 Å². The van der Waals surface area contributed by atoms with E-state index in [0.717, 1.165) is 12.0 Å². The fraction of sp³-hybridized carbons (Fsp3) is 0.231. The molecule has 102 valence electrons. The summed E-state index contributed by atoms with van der Waals surface area (Å²) >= 11 is 0. The van der Waals surface area contributed by atoms with Crippen LogP contribution in [0.15, 0.2) is 36.9 Å². The number of hydrogen-bond donors (Lipinski definition) is 1. The number of nitrogens with zero attached hydrogens (tertiary/aromatic N) is 4. The molecule has 2 heterocycles. The molecule has 0 radical (unpaired) electrons. The molecule has 0 aliphatic carbocycles. The van der Waals surface area contributed by atoms with Crippen molar-refractivity contribution in [3.05, 3.63) is 48.0 Å². The summed E-state index contributed by atoms with van der Waals surface area (Å²) in [5.41, 5.74) is 4.72. The molecule has 0 saturated carbocycles. The van der Waals surface area contributed by atoms with Gasteiger partial charge in [-0.15, -0.1) is 10.2 Å². The highest BCUT2D eigenvalue weighted by molar-refractivity contribution is 6.38. The van der Waals surface area contributed by atoms with E-state index < -0.39 is 11.8 Å². The van der Waals surface area contributed by atoms with Gasteiger partial charge in [-0.2, -0.15) is 0 Å². The lowest BCUT2D eigenvalue weighted by molar-refractivity contribution is -0.144. The van der Waals surface area contributed by atoms with Crippen LogP contribution in [0, 0.1) is 0 Å². The Kier molecular flexibility index (Phi) is 3.16. The molecule has 0 saturated heterocycles. The Morgan fingerprint density at radius 1 is 1.10 bits per heavy atom. The molecule has 1 N–H and O–H groups in total. The number of amides is 2. The average molecular weight is 271 g/mol. The SMILES string of the molecule is O=C(Nn1cnnc1)C(=O)N1CCc2ccccc2C1. The molecule has 3 rings (SSSR count). The molecule has 0 spiro atoms. The first-order chi connectivity index (χ1) is 9.74. The van der Waals surface area contributed by atoms with Crippen LogP contribution in [0.2, 0.25) is 0 Å². The third kappa shape index (κ3) is 2.37. The monoisotopic (exact) mass is 271 g/mol. The zero-order chi connectivity index (χ0) is 13.9. The van der Waals surface area contributed by atoms with Crippen molar-refractivity contribution in [3.8, 4) is 0 Å². The van der Waals surface area contributed by atoms with Gasteiger partial charge < -0.3 is 4.90 Å². The summed E-state index contributed by atoms with van der Waals surface area (Å²) in [6.45, 7) is 1.01. The van der Waals surface area contributed by atoms with Crippen molar-refractivity contribution >= 4 is 11.8 Å². The van der Waals surface area contributed by atoms with Crippen LogP contribution < -0.4 is 5.43 Å². The number of carbonyl (C=O) groups excluding carboxylic acids is 2. The minimum atomic E-state index is -0.691. The Morgan fingerprint density at radius 3 is 2.55 bits per heavy atom. The lowest BCUT2D eigenvalue weighted by Gasteiger charge is -2.28. The van der Waals surface area contributed by atoms with Crippen LogP contribution in [0.25, 0.3) is 0 Å². The first-order valence-corrected chi connectivity index (χ1v) is 6.26. The predicted molar refractivity (Wildman–Crippen MR) is 70.0 cm³/mol. The lowest BCUT2D eigenvalue weighted by Crippen LogP contribution is -2.44. The van der Waals surface area contributed by atoms with Gasteiger partial charge in [0.1, 0.15) is 12.7 Å². The van der Waals surface area contributed by atoms with Crippen LogP contribution in [-0.2, 0) is 22.6 Å². The second kappa shape index (κ2) is 5.12. The molecule has 0 unspecified atom stereocenters. The number of benzene rings is 1. The number of nitrogens with one attached hydrogen (secondary N) is 1. The van der Waals surface area contributed by atoms with Crippen LogP contribution in [0.5, 0.6) is 0 Å². The fourth-order valence-corrected chi connectivity index (χ4v) is 2.24. The summed E-state index contributed by atoms with van der Waals surface area (Å²) in [5, 5.41) is 7.10. The van der Waals surface area contributed by atoms with Gasteiger partial charge in [-0.05, 0) is 17.5 Å². The molecule has 7 heteroatoms. The van der Waals surface area contributed by atoms with Gasteiger partial charge in [-0.25, -0.2) is 4.68 Å². The largest absolute Gasteiger partial charge is 0.330 e. The maximum atomic E-state index is 12.1. The second-order valence-electron chi connectivity index (χ2n) is 4.56. The Hall–Kier alpha value is -2.70. The molecular formula is C13H13N5O2. The Labute approximate surface area is 115 Å². The minimum absolute atomic E-state index is 0.463. The average Bonchev–Trinajstić information content (AvgIpc) is 2.99. The van der Waals surface area contributed by atoms with E-state index in [9.17, 15) is 9.59 Å². The van der Waals surface area contributed by atoms with Gasteiger partial charge in [0.05, 0.1) is 0 Å². The zero-order valence-electron chi connectivity index (χ0n) is 10.7. The summed E-state index contributed by atoms with van der Waals surface area (Å²) in [7, 11) is 0. The maximum absolute atomic E-state index is 12.1. The van der Waals surface area contributed by atoms with Gasteiger partial charge in [0.15, 0.2) is 0 Å². The summed E-state index contributed by atoms with van der Waals surface area (Å²) < 4.78 is 1.25. The Balaban J connectivity index is 1.68. The van der Waals surface area contributed by atoms with Gasteiger partial charge in [-0.3, -0.25) is 15.0 Å². The number of rotatable bonds is 1. The highest BCUT2D eigenvalue weighted by Gasteiger charge is 2.25. The van der Waals surface area contributed by atoms with Gasteiger partial charge in [-0.1, -0.05) is 24.3 Å². The number of aromatic nitrogens is 3.